The second-order valence-electron chi connectivity index (χ2n) is 6.55. The lowest BCUT2D eigenvalue weighted by Crippen LogP contribution is -2.34. The minimum atomic E-state index is 0.241. The molecule has 2 rings (SSSR count). The minimum Gasteiger partial charge on any atom is -0.142 e. The van der Waals surface area contributed by atoms with Crippen LogP contribution in [0.3, 0.4) is 0 Å². The summed E-state index contributed by atoms with van der Waals surface area (Å²) in [6.07, 6.45) is 3.53. The van der Waals surface area contributed by atoms with Crippen molar-refractivity contribution in [2.24, 2.45) is 0 Å². The van der Waals surface area contributed by atoms with E-state index in [1.807, 2.05) is 0 Å². The van der Waals surface area contributed by atoms with Crippen molar-refractivity contribution in [1.82, 2.24) is 0 Å². The van der Waals surface area contributed by atoms with Crippen LogP contribution < -0.4 is 0 Å². The molecule has 17 heavy (non-hydrogen) atoms. The monoisotopic (exact) mass is 247 g/mol. The van der Waals surface area contributed by atoms with Gasteiger partial charge in [0.05, 0.1) is 0 Å². The van der Waals surface area contributed by atoms with E-state index >= 15 is 0 Å². The maximum absolute atomic E-state index is 4.69. The second kappa shape index (κ2) is 4.05. The van der Waals surface area contributed by atoms with Crippen molar-refractivity contribution >= 4 is 12.6 Å². The molecule has 0 bridgehead atoms. The first-order valence-electron chi connectivity index (χ1n) is 6.57. The number of fused-ring (bicyclic) bond motifs is 1. The molecule has 1 aromatic carbocycles. The van der Waals surface area contributed by atoms with Gasteiger partial charge in [0.1, 0.15) is 0 Å². The number of aryl methyl sites for hydroxylation is 1. The molecule has 0 aromatic heterocycles. The van der Waals surface area contributed by atoms with E-state index in [4.69, 9.17) is 12.6 Å². The second-order valence-corrected chi connectivity index (χ2v) is 7.00. The van der Waals surface area contributed by atoms with Gasteiger partial charge >= 0.3 is 0 Å². The number of rotatable bonds is 1. The summed E-state index contributed by atoms with van der Waals surface area (Å²) in [5, 5.41) is 0. The molecule has 0 unspecified atom stereocenters. The molecule has 0 aliphatic heterocycles. The quantitative estimate of drug-likeness (QED) is 0.684. The Balaban J connectivity index is 2.71. The van der Waals surface area contributed by atoms with Crippen LogP contribution in [0.1, 0.15) is 64.2 Å². The van der Waals surface area contributed by atoms with Crippen molar-refractivity contribution < 1.29 is 0 Å². The molecule has 1 aromatic rings. The van der Waals surface area contributed by atoms with Gasteiger partial charge in [0.2, 0.25) is 0 Å². The normalized spacial score (nSPS) is 21.1. The summed E-state index contributed by atoms with van der Waals surface area (Å²) in [4.78, 5) is 1.07. The molecular formula is C16H23S. The van der Waals surface area contributed by atoms with Crippen molar-refractivity contribution in [3.63, 3.8) is 0 Å². The summed E-state index contributed by atoms with van der Waals surface area (Å²) >= 11 is 4.69. The highest BCUT2D eigenvalue weighted by atomic mass is 32.1. The predicted octanol–water partition coefficient (Wildman–Crippen LogP) is 4.69. The first-order valence-corrected chi connectivity index (χ1v) is 7.02. The largest absolute Gasteiger partial charge is 0.142 e. The standard InChI is InChI=1S/C16H23S/c1-6-11-9-12-14(13(17)10-11)16(4,5)8-7-15(12,2)3/h9,17H,6-8H2,1-5H3. The van der Waals surface area contributed by atoms with Crippen LogP contribution in [0.2, 0.25) is 0 Å². The van der Waals surface area contributed by atoms with Gasteiger partial charge in [0.15, 0.2) is 0 Å². The number of hydrogen-bond acceptors (Lipinski definition) is 1. The molecule has 1 heteroatoms. The third kappa shape index (κ3) is 2.14. The molecular weight excluding hydrogens is 224 g/mol. The fourth-order valence-corrected chi connectivity index (χ4v) is 3.49. The van der Waals surface area contributed by atoms with Crippen LogP contribution in [0.25, 0.3) is 0 Å². The van der Waals surface area contributed by atoms with Crippen LogP contribution in [-0.4, -0.2) is 0 Å². The Morgan fingerprint density at radius 1 is 1.18 bits per heavy atom. The molecule has 0 heterocycles. The van der Waals surface area contributed by atoms with Gasteiger partial charge in [-0.05, 0) is 52.8 Å². The van der Waals surface area contributed by atoms with E-state index in [1.165, 1.54) is 29.5 Å². The topological polar surface area (TPSA) is 0 Å². The molecule has 0 atom stereocenters. The maximum Gasteiger partial charge on any atom is 0.0162 e. The Labute approximate surface area is 111 Å². The zero-order chi connectivity index (χ0) is 12.8. The van der Waals surface area contributed by atoms with Crippen LogP contribution in [0.5, 0.6) is 0 Å². The lowest BCUT2D eigenvalue weighted by atomic mass is 9.63. The van der Waals surface area contributed by atoms with Crippen molar-refractivity contribution in [2.45, 2.75) is 69.6 Å². The van der Waals surface area contributed by atoms with E-state index in [2.05, 4.69) is 46.8 Å². The van der Waals surface area contributed by atoms with Crippen LogP contribution in [0, 0.1) is 6.07 Å². The van der Waals surface area contributed by atoms with Gasteiger partial charge in [0, 0.05) is 4.90 Å². The average molecular weight is 247 g/mol. The summed E-state index contributed by atoms with van der Waals surface area (Å²) in [7, 11) is 0. The van der Waals surface area contributed by atoms with Gasteiger partial charge in [-0.1, -0.05) is 40.7 Å². The Morgan fingerprint density at radius 2 is 1.76 bits per heavy atom. The van der Waals surface area contributed by atoms with Crippen molar-refractivity contribution in [3.8, 4) is 0 Å². The molecule has 0 amide bonds. The Kier molecular flexibility index (Phi) is 3.10. The lowest BCUT2D eigenvalue weighted by molar-refractivity contribution is 0.326. The third-order valence-corrected chi connectivity index (χ3v) is 4.60. The highest BCUT2D eigenvalue weighted by Gasteiger charge is 2.38. The summed E-state index contributed by atoms with van der Waals surface area (Å²) in [6.45, 7) is 11.6. The molecule has 93 valence electrons. The molecule has 1 radical (unpaired) electrons. The van der Waals surface area contributed by atoms with E-state index in [0.29, 0.717) is 0 Å². The predicted molar refractivity (Wildman–Crippen MR) is 77.2 cm³/mol. The molecule has 0 fully saturated rings. The highest BCUT2D eigenvalue weighted by molar-refractivity contribution is 7.80. The highest BCUT2D eigenvalue weighted by Crippen LogP contribution is 2.48. The van der Waals surface area contributed by atoms with Gasteiger partial charge in [-0.2, -0.15) is 0 Å². The first-order chi connectivity index (χ1) is 7.78. The molecule has 0 saturated heterocycles. The van der Waals surface area contributed by atoms with Crippen molar-refractivity contribution in [3.05, 3.63) is 28.8 Å². The average Bonchev–Trinajstić information content (AvgIpc) is 2.23. The van der Waals surface area contributed by atoms with Crippen LogP contribution in [0.15, 0.2) is 11.0 Å². The fourth-order valence-electron chi connectivity index (χ4n) is 2.92. The molecule has 0 N–H and O–H groups in total. The first kappa shape index (κ1) is 13.0. The van der Waals surface area contributed by atoms with Crippen molar-refractivity contribution in [1.29, 1.82) is 0 Å². The van der Waals surface area contributed by atoms with E-state index < -0.39 is 0 Å². The van der Waals surface area contributed by atoms with Crippen LogP contribution in [-0.2, 0) is 17.3 Å². The SMILES string of the molecule is CCc1[c]c(S)c2c(c1)C(C)(C)CCC2(C)C. The maximum atomic E-state index is 4.69. The van der Waals surface area contributed by atoms with E-state index in [0.717, 1.165) is 11.3 Å². The van der Waals surface area contributed by atoms with Gasteiger partial charge in [0.25, 0.3) is 0 Å². The molecule has 0 spiro atoms. The zero-order valence-corrected chi connectivity index (χ0v) is 12.5. The Morgan fingerprint density at radius 3 is 2.35 bits per heavy atom. The Bertz CT molecular complexity index is 441. The number of benzene rings is 1. The van der Waals surface area contributed by atoms with Gasteiger partial charge in [-0.3, -0.25) is 0 Å². The fraction of sp³-hybridized carbons (Fsp3) is 0.625. The van der Waals surface area contributed by atoms with E-state index in [9.17, 15) is 0 Å². The molecule has 0 nitrogen and oxygen atoms in total. The smallest absolute Gasteiger partial charge is 0.0162 e. The third-order valence-electron chi connectivity index (χ3n) is 4.27. The van der Waals surface area contributed by atoms with E-state index in [-0.39, 0.29) is 10.8 Å². The summed E-state index contributed by atoms with van der Waals surface area (Å²) < 4.78 is 0. The number of thiol groups is 1. The van der Waals surface area contributed by atoms with Crippen LogP contribution in [0.4, 0.5) is 0 Å². The number of hydrogen-bond donors (Lipinski definition) is 1. The Hall–Kier alpha value is -0.430. The summed E-state index contributed by atoms with van der Waals surface area (Å²) in [5.74, 6) is 0. The zero-order valence-electron chi connectivity index (χ0n) is 11.6. The molecule has 0 saturated carbocycles. The van der Waals surface area contributed by atoms with E-state index in [1.54, 1.807) is 0 Å². The van der Waals surface area contributed by atoms with Crippen molar-refractivity contribution in [2.75, 3.05) is 0 Å². The molecule has 1 aliphatic rings. The van der Waals surface area contributed by atoms with Crippen LogP contribution >= 0.6 is 12.6 Å². The lowest BCUT2D eigenvalue weighted by Gasteiger charge is -2.42. The summed E-state index contributed by atoms with van der Waals surface area (Å²) in [6, 6.07) is 5.80. The van der Waals surface area contributed by atoms with Gasteiger partial charge < -0.3 is 0 Å². The minimum absolute atomic E-state index is 0.241. The van der Waals surface area contributed by atoms with Gasteiger partial charge in [-0.25, -0.2) is 0 Å². The summed E-state index contributed by atoms with van der Waals surface area (Å²) in [5.41, 5.74) is 4.73. The molecule has 1 aliphatic carbocycles. The van der Waals surface area contributed by atoms with Gasteiger partial charge in [-0.15, -0.1) is 12.6 Å².